The largest absolute Gasteiger partial charge is 0.507 e. The summed E-state index contributed by atoms with van der Waals surface area (Å²) in [6.45, 7) is 3.97. The lowest BCUT2D eigenvalue weighted by Crippen LogP contribution is -2.40. The number of amides is 1. The van der Waals surface area contributed by atoms with Gasteiger partial charge in [0.2, 0.25) is 0 Å². The minimum absolute atomic E-state index is 0.0419. The first kappa shape index (κ1) is 22.1. The lowest BCUT2D eigenvalue weighted by molar-refractivity contribution is -0.141. The number of ether oxygens (including phenoxy) is 1. The van der Waals surface area contributed by atoms with Crippen molar-refractivity contribution in [2.24, 2.45) is 0 Å². The van der Waals surface area contributed by atoms with E-state index in [1.165, 1.54) is 18.2 Å². The Bertz CT molecular complexity index is 1070. The van der Waals surface area contributed by atoms with Gasteiger partial charge in [-0.15, -0.1) is 0 Å². The van der Waals surface area contributed by atoms with Crippen LogP contribution in [0, 0.1) is 12.7 Å². The molecule has 0 aromatic heterocycles. The van der Waals surface area contributed by atoms with E-state index in [1.54, 1.807) is 11.8 Å². The number of halogens is 1. The Kier molecular flexibility index (Phi) is 6.31. The Balaban J connectivity index is 1.88. The van der Waals surface area contributed by atoms with Gasteiger partial charge in [-0.25, -0.2) is 4.39 Å². The van der Waals surface area contributed by atoms with Crippen LogP contribution >= 0.6 is 0 Å². The summed E-state index contributed by atoms with van der Waals surface area (Å²) in [6, 6.07) is 10.7. The van der Waals surface area contributed by atoms with Gasteiger partial charge < -0.3 is 14.7 Å². The minimum Gasteiger partial charge on any atom is -0.507 e. The van der Waals surface area contributed by atoms with E-state index in [9.17, 15) is 19.1 Å². The van der Waals surface area contributed by atoms with Crippen molar-refractivity contribution in [2.75, 3.05) is 6.61 Å². The fourth-order valence-corrected chi connectivity index (χ4v) is 4.80. The van der Waals surface area contributed by atoms with Crippen LogP contribution in [0.25, 0.3) is 5.76 Å². The molecule has 32 heavy (non-hydrogen) atoms. The predicted octanol–water partition coefficient (Wildman–Crippen LogP) is 5.29. The molecule has 2 fully saturated rings. The maximum Gasteiger partial charge on any atom is 0.295 e. The van der Waals surface area contributed by atoms with E-state index in [0.717, 1.165) is 32.1 Å². The molecule has 1 saturated carbocycles. The molecule has 5 nitrogen and oxygen atoms in total. The summed E-state index contributed by atoms with van der Waals surface area (Å²) >= 11 is 0. The highest BCUT2D eigenvalue weighted by Gasteiger charge is 2.49. The second-order valence-electron chi connectivity index (χ2n) is 8.47. The van der Waals surface area contributed by atoms with Crippen molar-refractivity contribution in [3.05, 3.63) is 70.5 Å². The molecule has 0 radical (unpaired) electrons. The summed E-state index contributed by atoms with van der Waals surface area (Å²) in [4.78, 5) is 28.1. The minimum atomic E-state index is -0.719. The number of benzene rings is 2. The molecule has 1 atom stereocenters. The fourth-order valence-electron chi connectivity index (χ4n) is 4.80. The van der Waals surface area contributed by atoms with E-state index in [-0.39, 0.29) is 17.4 Å². The number of nitrogens with zero attached hydrogens (tertiary/aromatic N) is 1. The molecule has 4 rings (SSSR count). The van der Waals surface area contributed by atoms with Crippen molar-refractivity contribution < 1.29 is 23.8 Å². The van der Waals surface area contributed by atoms with Crippen LogP contribution in [0.4, 0.5) is 4.39 Å². The van der Waals surface area contributed by atoms with Gasteiger partial charge in [0.25, 0.3) is 11.7 Å². The van der Waals surface area contributed by atoms with Crippen LogP contribution in [0.3, 0.4) is 0 Å². The molecule has 1 saturated heterocycles. The van der Waals surface area contributed by atoms with Crippen LogP contribution < -0.4 is 4.74 Å². The number of likely N-dealkylation sites (tertiary alicyclic amines) is 1. The topological polar surface area (TPSA) is 66.8 Å². The van der Waals surface area contributed by atoms with Crippen LogP contribution in [-0.4, -0.2) is 34.3 Å². The molecule has 6 heteroatoms. The van der Waals surface area contributed by atoms with Crippen molar-refractivity contribution in [1.29, 1.82) is 0 Å². The van der Waals surface area contributed by atoms with Crippen molar-refractivity contribution in [1.82, 2.24) is 4.90 Å². The van der Waals surface area contributed by atoms with Gasteiger partial charge in [0.05, 0.1) is 18.2 Å². The maximum atomic E-state index is 13.8. The number of hydrogen-bond acceptors (Lipinski definition) is 4. The first-order valence-electron chi connectivity index (χ1n) is 11.2. The van der Waals surface area contributed by atoms with Gasteiger partial charge in [-0.3, -0.25) is 9.59 Å². The molecule has 1 amide bonds. The summed E-state index contributed by atoms with van der Waals surface area (Å²) in [6.07, 6.45) is 4.75. The summed E-state index contributed by atoms with van der Waals surface area (Å²) < 4.78 is 19.4. The first-order chi connectivity index (χ1) is 15.4. The summed E-state index contributed by atoms with van der Waals surface area (Å²) in [5.41, 5.74) is 1.42. The molecular formula is C26H28FNO4. The zero-order valence-electron chi connectivity index (χ0n) is 18.4. The SMILES string of the molecule is CCOc1cccc(C2/C(=C(/O)c3ccc(F)c(C)c3)C(=O)C(=O)N2C2CCCCC2)c1. The molecule has 1 aliphatic heterocycles. The van der Waals surface area contributed by atoms with Gasteiger partial charge in [0, 0.05) is 11.6 Å². The van der Waals surface area contributed by atoms with Crippen LogP contribution in [0.1, 0.15) is 61.8 Å². The monoisotopic (exact) mass is 437 g/mol. The van der Waals surface area contributed by atoms with Crippen LogP contribution in [-0.2, 0) is 9.59 Å². The summed E-state index contributed by atoms with van der Waals surface area (Å²) in [5.74, 6) is -1.34. The van der Waals surface area contributed by atoms with E-state index in [4.69, 9.17) is 4.74 Å². The van der Waals surface area contributed by atoms with Crippen molar-refractivity contribution in [2.45, 2.75) is 58.0 Å². The number of aliphatic hydroxyl groups is 1. The molecule has 168 valence electrons. The summed E-state index contributed by atoms with van der Waals surface area (Å²) in [7, 11) is 0. The fraction of sp³-hybridized carbons (Fsp3) is 0.385. The third-order valence-electron chi connectivity index (χ3n) is 6.36. The molecule has 1 aliphatic carbocycles. The van der Waals surface area contributed by atoms with Gasteiger partial charge in [-0.05, 0) is 68.1 Å². The van der Waals surface area contributed by atoms with Gasteiger partial charge >= 0.3 is 0 Å². The zero-order chi connectivity index (χ0) is 22.8. The van der Waals surface area contributed by atoms with Gasteiger partial charge in [-0.2, -0.15) is 0 Å². The lowest BCUT2D eigenvalue weighted by Gasteiger charge is -2.35. The highest BCUT2D eigenvalue weighted by Crippen LogP contribution is 2.43. The Morgan fingerprint density at radius 2 is 1.88 bits per heavy atom. The maximum absolute atomic E-state index is 13.8. The molecule has 0 spiro atoms. The third-order valence-corrected chi connectivity index (χ3v) is 6.36. The number of aryl methyl sites for hydroxylation is 1. The lowest BCUT2D eigenvalue weighted by atomic mass is 9.90. The normalized spacial score (nSPS) is 21.2. The van der Waals surface area contributed by atoms with E-state index in [1.807, 2.05) is 31.2 Å². The molecule has 1 heterocycles. The number of carbonyl (C=O) groups excluding carboxylic acids is 2. The summed E-state index contributed by atoms with van der Waals surface area (Å²) in [5, 5.41) is 11.2. The van der Waals surface area contributed by atoms with E-state index >= 15 is 0 Å². The molecule has 2 aromatic rings. The molecule has 1 N–H and O–H groups in total. The first-order valence-corrected chi connectivity index (χ1v) is 11.2. The average Bonchev–Trinajstić information content (AvgIpc) is 3.07. The van der Waals surface area contributed by atoms with E-state index < -0.39 is 23.5 Å². The molecular weight excluding hydrogens is 409 g/mol. The second kappa shape index (κ2) is 9.15. The molecule has 1 unspecified atom stereocenters. The predicted molar refractivity (Wildman–Crippen MR) is 120 cm³/mol. The number of ketones is 1. The molecule has 2 aliphatic rings. The highest BCUT2D eigenvalue weighted by molar-refractivity contribution is 6.46. The molecule has 2 aromatic carbocycles. The Morgan fingerprint density at radius 1 is 1.12 bits per heavy atom. The Morgan fingerprint density at radius 3 is 2.56 bits per heavy atom. The number of rotatable bonds is 5. The van der Waals surface area contributed by atoms with Crippen molar-refractivity contribution >= 4 is 17.4 Å². The van der Waals surface area contributed by atoms with Crippen LogP contribution in [0.2, 0.25) is 0 Å². The third kappa shape index (κ3) is 4.01. The molecule has 0 bridgehead atoms. The number of hydrogen-bond donors (Lipinski definition) is 1. The smallest absolute Gasteiger partial charge is 0.295 e. The van der Waals surface area contributed by atoms with Gasteiger partial charge in [0.1, 0.15) is 17.3 Å². The standard InChI is InChI=1S/C26H28FNO4/c1-3-32-20-11-7-8-17(15-20)23-22(24(29)18-12-13-21(27)16(2)14-18)25(30)26(31)28(23)19-9-5-4-6-10-19/h7-8,11-15,19,23,29H,3-6,9-10H2,1-2H3/b24-22-. The number of carbonyl (C=O) groups is 2. The van der Waals surface area contributed by atoms with Crippen molar-refractivity contribution in [3.8, 4) is 5.75 Å². The van der Waals surface area contributed by atoms with Crippen LogP contribution in [0.15, 0.2) is 48.0 Å². The van der Waals surface area contributed by atoms with E-state index in [0.29, 0.717) is 29.0 Å². The highest BCUT2D eigenvalue weighted by atomic mass is 19.1. The Hall–Kier alpha value is -3.15. The number of Topliss-reactive ketones (excluding diaryl/α,β-unsaturated/α-hetero) is 1. The van der Waals surface area contributed by atoms with E-state index in [2.05, 4.69) is 0 Å². The second-order valence-corrected chi connectivity index (χ2v) is 8.47. The quantitative estimate of drug-likeness (QED) is 0.392. The number of aliphatic hydroxyl groups excluding tert-OH is 1. The Labute approximate surface area is 187 Å². The van der Waals surface area contributed by atoms with Crippen molar-refractivity contribution in [3.63, 3.8) is 0 Å². The van der Waals surface area contributed by atoms with Crippen LogP contribution in [0.5, 0.6) is 5.75 Å². The average molecular weight is 438 g/mol. The van der Waals surface area contributed by atoms with Gasteiger partial charge in [0.15, 0.2) is 0 Å². The van der Waals surface area contributed by atoms with Gasteiger partial charge in [-0.1, -0.05) is 31.4 Å². The zero-order valence-corrected chi connectivity index (χ0v) is 18.4.